The first kappa shape index (κ1) is 20.1. The van der Waals surface area contributed by atoms with E-state index < -0.39 is 6.04 Å². The van der Waals surface area contributed by atoms with Crippen LogP contribution in [0.5, 0.6) is 0 Å². The van der Waals surface area contributed by atoms with Gasteiger partial charge in [0.2, 0.25) is 5.91 Å². The third-order valence-electron chi connectivity index (χ3n) is 4.04. The summed E-state index contributed by atoms with van der Waals surface area (Å²) >= 11 is 0. The predicted octanol–water partition coefficient (Wildman–Crippen LogP) is 1.68. The van der Waals surface area contributed by atoms with Crippen molar-refractivity contribution in [2.75, 3.05) is 31.5 Å². The van der Waals surface area contributed by atoms with Crippen molar-refractivity contribution in [3.63, 3.8) is 0 Å². The topological polar surface area (TPSA) is 87.5 Å². The number of amides is 2. The third-order valence-corrected chi connectivity index (χ3v) is 4.04. The summed E-state index contributed by atoms with van der Waals surface area (Å²) < 4.78 is 0. The molecule has 6 nitrogen and oxygen atoms in total. The van der Waals surface area contributed by atoms with Gasteiger partial charge in [0.25, 0.3) is 5.91 Å². The molecule has 0 fully saturated rings. The molecule has 1 aromatic rings. The third kappa shape index (κ3) is 6.29. The monoisotopic (exact) mass is 334 g/mol. The van der Waals surface area contributed by atoms with Crippen molar-refractivity contribution in [1.29, 1.82) is 0 Å². The van der Waals surface area contributed by atoms with Crippen molar-refractivity contribution >= 4 is 17.5 Å². The highest BCUT2D eigenvalue weighted by atomic mass is 16.2. The van der Waals surface area contributed by atoms with Crippen LogP contribution < -0.4 is 16.4 Å². The van der Waals surface area contributed by atoms with Gasteiger partial charge in [0.1, 0.15) is 0 Å². The van der Waals surface area contributed by atoms with Crippen LogP contribution in [0.1, 0.15) is 38.1 Å². The Morgan fingerprint density at radius 3 is 2.21 bits per heavy atom. The summed E-state index contributed by atoms with van der Waals surface area (Å²) in [6.07, 6.45) is 0. The molecule has 1 atom stereocenters. The van der Waals surface area contributed by atoms with Gasteiger partial charge in [-0.1, -0.05) is 27.7 Å². The second-order valence-corrected chi connectivity index (χ2v) is 6.12. The minimum absolute atomic E-state index is 0.0702. The number of carbonyl (C=O) groups is 2. The Morgan fingerprint density at radius 2 is 1.71 bits per heavy atom. The lowest BCUT2D eigenvalue weighted by Gasteiger charge is -2.18. The van der Waals surface area contributed by atoms with E-state index in [1.165, 1.54) is 0 Å². The lowest BCUT2D eigenvalue weighted by atomic mass is 10.0. The Bertz CT molecular complexity index is 524. The van der Waals surface area contributed by atoms with Gasteiger partial charge in [-0.15, -0.1) is 0 Å². The molecule has 6 heteroatoms. The highest BCUT2D eigenvalue weighted by Crippen LogP contribution is 2.11. The van der Waals surface area contributed by atoms with Crippen LogP contribution in [-0.4, -0.2) is 48.9 Å². The molecule has 4 N–H and O–H groups in total. The lowest BCUT2D eigenvalue weighted by Crippen LogP contribution is -2.39. The number of carbonyl (C=O) groups excluding carboxylic acids is 2. The predicted molar refractivity (Wildman–Crippen MR) is 98.0 cm³/mol. The number of nitrogens with one attached hydrogen (secondary N) is 2. The molecule has 0 aliphatic carbocycles. The van der Waals surface area contributed by atoms with Gasteiger partial charge in [-0.05, 0) is 43.3 Å². The van der Waals surface area contributed by atoms with Crippen LogP contribution in [0.25, 0.3) is 0 Å². The summed E-state index contributed by atoms with van der Waals surface area (Å²) in [5.41, 5.74) is 7.01. The molecule has 0 spiro atoms. The summed E-state index contributed by atoms with van der Waals surface area (Å²) in [6.45, 7) is 11.4. The van der Waals surface area contributed by atoms with Crippen molar-refractivity contribution in [2.24, 2.45) is 11.7 Å². The van der Waals surface area contributed by atoms with Crippen LogP contribution >= 0.6 is 0 Å². The molecule has 24 heavy (non-hydrogen) atoms. The Hall–Kier alpha value is -1.92. The van der Waals surface area contributed by atoms with E-state index in [1.54, 1.807) is 24.3 Å². The average molecular weight is 334 g/mol. The normalized spacial score (nSPS) is 12.3. The molecule has 0 aromatic heterocycles. The number of rotatable bonds is 9. The fourth-order valence-corrected chi connectivity index (χ4v) is 2.20. The summed E-state index contributed by atoms with van der Waals surface area (Å²) in [4.78, 5) is 26.3. The smallest absolute Gasteiger partial charge is 0.251 e. The SMILES string of the molecule is CCN(CC)CCNC(=O)c1ccc(NC(=O)[C@@H](N)C(C)C)cc1. The Labute approximate surface area is 144 Å². The van der Waals surface area contributed by atoms with Crippen LogP contribution in [0.2, 0.25) is 0 Å². The van der Waals surface area contributed by atoms with Crippen LogP contribution in [0.4, 0.5) is 5.69 Å². The molecule has 134 valence electrons. The van der Waals surface area contributed by atoms with Gasteiger partial charge in [-0.25, -0.2) is 0 Å². The summed E-state index contributed by atoms with van der Waals surface area (Å²) in [5, 5.41) is 5.66. The molecular weight excluding hydrogens is 304 g/mol. The molecule has 1 aromatic carbocycles. The van der Waals surface area contributed by atoms with Crippen LogP contribution in [-0.2, 0) is 4.79 Å². The van der Waals surface area contributed by atoms with Gasteiger partial charge in [0.15, 0.2) is 0 Å². The van der Waals surface area contributed by atoms with Gasteiger partial charge in [0.05, 0.1) is 6.04 Å². The first-order valence-electron chi connectivity index (χ1n) is 8.56. The minimum atomic E-state index is -0.548. The Kier molecular flexibility index (Phi) is 8.43. The molecule has 0 aliphatic heterocycles. The summed E-state index contributed by atoms with van der Waals surface area (Å²) in [7, 11) is 0. The maximum absolute atomic E-state index is 12.1. The van der Waals surface area contributed by atoms with E-state index in [2.05, 4.69) is 29.4 Å². The van der Waals surface area contributed by atoms with E-state index in [1.807, 2.05) is 13.8 Å². The number of anilines is 1. The number of likely N-dealkylation sites (N-methyl/N-ethyl adjacent to an activating group) is 1. The molecule has 0 aliphatic rings. The van der Waals surface area contributed by atoms with Crippen LogP contribution in [0.3, 0.4) is 0 Å². The number of hydrogen-bond donors (Lipinski definition) is 3. The number of nitrogens with two attached hydrogens (primary N) is 1. The summed E-state index contributed by atoms with van der Waals surface area (Å²) in [5.74, 6) is -0.263. The van der Waals surface area contributed by atoms with Crippen molar-refractivity contribution < 1.29 is 9.59 Å². The minimum Gasteiger partial charge on any atom is -0.351 e. The molecule has 0 unspecified atom stereocenters. The van der Waals surface area contributed by atoms with E-state index in [0.717, 1.165) is 19.6 Å². The quantitative estimate of drug-likeness (QED) is 0.641. The first-order chi connectivity index (χ1) is 11.4. The van der Waals surface area contributed by atoms with Crippen molar-refractivity contribution in [1.82, 2.24) is 10.2 Å². The van der Waals surface area contributed by atoms with Crippen molar-refractivity contribution in [3.8, 4) is 0 Å². The average Bonchev–Trinajstić information content (AvgIpc) is 2.58. The van der Waals surface area contributed by atoms with Gasteiger partial charge in [-0.3, -0.25) is 9.59 Å². The zero-order valence-corrected chi connectivity index (χ0v) is 15.1. The standard InChI is InChI=1S/C18H30N4O2/c1-5-22(6-2)12-11-20-17(23)14-7-9-15(10-8-14)21-18(24)16(19)13(3)4/h7-10,13,16H,5-6,11-12,19H2,1-4H3,(H,20,23)(H,21,24)/t16-/m0/s1. The van der Waals surface area contributed by atoms with E-state index in [4.69, 9.17) is 5.73 Å². The zero-order chi connectivity index (χ0) is 18.1. The molecule has 1 rings (SSSR count). The van der Waals surface area contributed by atoms with E-state index in [0.29, 0.717) is 17.8 Å². The van der Waals surface area contributed by atoms with E-state index in [9.17, 15) is 9.59 Å². The molecule has 0 saturated carbocycles. The molecule has 2 amide bonds. The second kappa shape index (κ2) is 10.1. The molecule has 0 heterocycles. The van der Waals surface area contributed by atoms with E-state index >= 15 is 0 Å². The summed E-state index contributed by atoms with van der Waals surface area (Å²) in [6, 6.07) is 6.27. The van der Waals surface area contributed by atoms with Gasteiger partial charge < -0.3 is 21.3 Å². The largest absolute Gasteiger partial charge is 0.351 e. The van der Waals surface area contributed by atoms with Crippen LogP contribution in [0.15, 0.2) is 24.3 Å². The van der Waals surface area contributed by atoms with E-state index in [-0.39, 0.29) is 17.7 Å². The first-order valence-corrected chi connectivity index (χ1v) is 8.56. The fourth-order valence-electron chi connectivity index (χ4n) is 2.20. The number of benzene rings is 1. The molecular formula is C18H30N4O2. The maximum atomic E-state index is 12.1. The highest BCUT2D eigenvalue weighted by Gasteiger charge is 2.17. The van der Waals surface area contributed by atoms with Crippen molar-refractivity contribution in [2.45, 2.75) is 33.7 Å². The Balaban J connectivity index is 2.51. The molecule has 0 saturated heterocycles. The van der Waals surface area contributed by atoms with Gasteiger partial charge in [-0.2, -0.15) is 0 Å². The van der Waals surface area contributed by atoms with Crippen molar-refractivity contribution in [3.05, 3.63) is 29.8 Å². The maximum Gasteiger partial charge on any atom is 0.251 e. The number of hydrogen-bond acceptors (Lipinski definition) is 4. The zero-order valence-electron chi connectivity index (χ0n) is 15.1. The molecule has 0 bridgehead atoms. The Morgan fingerprint density at radius 1 is 1.12 bits per heavy atom. The van der Waals surface area contributed by atoms with Gasteiger partial charge in [0, 0.05) is 24.3 Å². The lowest BCUT2D eigenvalue weighted by molar-refractivity contribution is -0.118. The highest BCUT2D eigenvalue weighted by molar-refractivity contribution is 5.97. The van der Waals surface area contributed by atoms with Crippen LogP contribution in [0, 0.1) is 5.92 Å². The number of nitrogens with zero attached hydrogens (tertiary/aromatic N) is 1. The van der Waals surface area contributed by atoms with Gasteiger partial charge >= 0.3 is 0 Å². The molecule has 0 radical (unpaired) electrons. The fraction of sp³-hybridized carbons (Fsp3) is 0.556. The second-order valence-electron chi connectivity index (χ2n) is 6.12.